The maximum absolute atomic E-state index is 12.8. The Morgan fingerprint density at radius 1 is 0.950 bits per heavy atom. The molecule has 1 saturated carbocycles. The molecule has 0 unspecified atom stereocenters. The second kappa shape index (κ2) is 4.20. The summed E-state index contributed by atoms with van der Waals surface area (Å²) in [4.78, 5) is 14.7. The molecule has 2 aliphatic rings. The lowest BCUT2D eigenvalue weighted by Gasteiger charge is -2.38. The molecule has 1 aliphatic heterocycles. The van der Waals surface area contributed by atoms with E-state index in [2.05, 4.69) is 18.2 Å². The molecule has 1 aliphatic carbocycles. The number of hydrogen-bond acceptors (Lipinski definition) is 1. The number of fused-ring (bicyclic) bond motifs is 2. The fourth-order valence-corrected chi connectivity index (χ4v) is 3.58. The summed E-state index contributed by atoms with van der Waals surface area (Å²) < 4.78 is 0. The van der Waals surface area contributed by atoms with E-state index in [1.807, 2.05) is 41.3 Å². The van der Waals surface area contributed by atoms with Crippen molar-refractivity contribution in [2.45, 2.75) is 24.7 Å². The number of nitrogens with zero attached hydrogens (tertiary/aromatic N) is 1. The molecule has 0 aromatic heterocycles. The second-order valence-electron chi connectivity index (χ2n) is 5.91. The van der Waals surface area contributed by atoms with E-state index in [0.29, 0.717) is 0 Å². The Labute approximate surface area is 119 Å². The predicted octanol–water partition coefficient (Wildman–Crippen LogP) is 3.77. The molecule has 2 aromatic carbocycles. The van der Waals surface area contributed by atoms with E-state index in [1.54, 1.807) is 0 Å². The molecule has 4 rings (SSSR count). The number of amides is 1. The molecule has 0 bridgehead atoms. The van der Waals surface area contributed by atoms with Gasteiger partial charge in [-0.2, -0.15) is 0 Å². The van der Waals surface area contributed by atoms with E-state index < -0.39 is 0 Å². The van der Waals surface area contributed by atoms with Crippen molar-refractivity contribution in [3.05, 3.63) is 65.7 Å². The number of carbonyl (C=O) groups excluding carboxylic acids is 1. The van der Waals surface area contributed by atoms with Crippen molar-refractivity contribution in [1.82, 2.24) is 0 Å². The fourth-order valence-electron chi connectivity index (χ4n) is 3.58. The van der Waals surface area contributed by atoms with E-state index >= 15 is 0 Å². The van der Waals surface area contributed by atoms with Gasteiger partial charge in [-0.3, -0.25) is 4.79 Å². The largest absolute Gasteiger partial charge is 0.307 e. The topological polar surface area (TPSA) is 20.3 Å². The average molecular weight is 263 g/mol. The van der Waals surface area contributed by atoms with Gasteiger partial charge < -0.3 is 4.90 Å². The van der Waals surface area contributed by atoms with Crippen molar-refractivity contribution in [1.29, 1.82) is 0 Å². The smallest absolute Gasteiger partial charge is 0.258 e. The summed E-state index contributed by atoms with van der Waals surface area (Å²) in [6, 6.07) is 18.0. The zero-order chi connectivity index (χ0) is 13.6. The fraction of sp³-hybridized carbons (Fsp3) is 0.278. The molecule has 20 heavy (non-hydrogen) atoms. The number of rotatable bonds is 1. The highest BCUT2D eigenvalue weighted by molar-refractivity contribution is 6.07. The zero-order valence-electron chi connectivity index (χ0n) is 11.4. The van der Waals surface area contributed by atoms with Gasteiger partial charge in [0.15, 0.2) is 0 Å². The molecular formula is C18H17NO. The maximum atomic E-state index is 12.8. The summed E-state index contributed by atoms with van der Waals surface area (Å²) >= 11 is 0. The number of hydrogen-bond donors (Lipinski definition) is 0. The van der Waals surface area contributed by atoms with E-state index in [9.17, 15) is 4.79 Å². The van der Waals surface area contributed by atoms with Crippen LogP contribution < -0.4 is 4.90 Å². The van der Waals surface area contributed by atoms with Crippen LogP contribution in [0.25, 0.3) is 0 Å². The standard InChI is InChI=1S/C18H17NO/c20-17(14-7-2-1-3-8-14)19-13-18(11-6-12-18)15-9-4-5-10-16(15)19/h1-5,7-10H,6,11-13H2. The molecule has 1 fully saturated rings. The Balaban J connectivity index is 1.76. The van der Waals surface area contributed by atoms with Gasteiger partial charge in [0.05, 0.1) is 0 Å². The first-order chi connectivity index (χ1) is 9.80. The van der Waals surface area contributed by atoms with Crippen LogP contribution in [0.4, 0.5) is 5.69 Å². The molecule has 1 spiro atoms. The third-order valence-corrected chi connectivity index (χ3v) is 4.80. The highest BCUT2D eigenvalue weighted by Crippen LogP contribution is 2.52. The van der Waals surface area contributed by atoms with Gasteiger partial charge in [-0.15, -0.1) is 0 Å². The second-order valence-corrected chi connectivity index (χ2v) is 5.91. The summed E-state index contributed by atoms with van der Waals surface area (Å²) in [5, 5.41) is 0. The quantitative estimate of drug-likeness (QED) is 0.767. The van der Waals surface area contributed by atoms with Crippen LogP contribution in [0.1, 0.15) is 35.2 Å². The summed E-state index contributed by atoms with van der Waals surface area (Å²) in [5.41, 5.74) is 3.50. The average Bonchev–Trinajstić information content (AvgIpc) is 2.83. The van der Waals surface area contributed by atoms with Crippen LogP contribution in [0, 0.1) is 0 Å². The lowest BCUT2D eigenvalue weighted by Crippen LogP contribution is -2.41. The van der Waals surface area contributed by atoms with Crippen molar-refractivity contribution in [2.75, 3.05) is 11.4 Å². The van der Waals surface area contributed by atoms with Crippen LogP contribution in [0.2, 0.25) is 0 Å². The molecular weight excluding hydrogens is 246 g/mol. The monoisotopic (exact) mass is 263 g/mol. The number of carbonyl (C=O) groups is 1. The summed E-state index contributed by atoms with van der Waals surface area (Å²) in [6.45, 7) is 0.847. The summed E-state index contributed by atoms with van der Waals surface area (Å²) in [6.07, 6.45) is 3.70. The Hall–Kier alpha value is -2.09. The van der Waals surface area contributed by atoms with E-state index in [0.717, 1.165) is 17.8 Å². The Morgan fingerprint density at radius 3 is 2.35 bits per heavy atom. The molecule has 0 radical (unpaired) electrons. The molecule has 100 valence electrons. The molecule has 1 heterocycles. The van der Waals surface area contributed by atoms with Gasteiger partial charge in [0.2, 0.25) is 0 Å². The lowest BCUT2D eigenvalue weighted by atomic mass is 9.66. The van der Waals surface area contributed by atoms with Gasteiger partial charge in [-0.05, 0) is 36.6 Å². The van der Waals surface area contributed by atoms with Crippen LogP contribution >= 0.6 is 0 Å². The molecule has 0 N–H and O–H groups in total. The first-order valence-electron chi connectivity index (χ1n) is 7.27. The zero-order valence-corrected chi connectivity index (χ0v) is 11.4. The van der Waals surface area contributed by atoms with Gasteiger partial charge in [-0.1, -0.05) is 42.8 Å². The van der Waals surface area contributed by atoms with Gasteiger partial charge in [0.1, 0.15) is 0 Å². The van der Waals surface area contributed by atoms with E-state index in [-0.39, 0.29) is 11.3 Å². The van der Waals surface area contributed by atoms with Crippen LogP contribution in [-0.2, 0) is 5.41 Å². The molecule has 2 nitrogen and oxygen atoms in total. The SMILES string of the molecule is O=C(c1ccccc1)N1CC2(CCC2)c2ccccc21. The Kier molecular flexibility index (Phi) is 2.46. The van der Waals surface area contributed by atoms with Gasteiger partial charge in [-0.25, -0.2) is 0 Å². The van der Waals surface area contributed by atoms with E-state index in [1.165, 1.54) is 24.8 Å². The molecule has 0 atom stereocenters. The highest BCUT2D eigenvalue weighted by Gasteiger charge is 2.48. The van der Waals surface area contributed by atoms with Crippen LogP contribution in [0.5, 0.6) is 0 Å². The Morgan fingerprint density at radius 2 is 1.65 bits per heavy atom. The molecule has 0 saturated heterocycles. The normalized spacial score (nSPS) is 18.7. The first-order valence-corrected chi connectivity index (χ1v) is 7.27. The van der Waals surface area contributed by atoms with Crippen LogP contribution in [0.3, 0.4) is 0 Å². The Bertz CT molecular complexity index is 658. The summed E-state index contributed by atoms with van der Waals surface area (Å²) in [5.74, 6) is 0.127. The molecule has 2 aromatic rings. The van der Waals surface area contributed by atoms with Crippen molar-refractivity contribution in [2.24, 2.45) is 0 Å². The lowest BCUT2D eigenvalue weighted by molar-refractivity contribution is 0.0979. The van der Waals surface area contributed by atoms with Gasteiger partial charge in [0.25, 0.3) is 5.91 Å². The van der Waals surface area contributed by atoms with Gasteiger partial charge >= 0.3 is 0 Å². The third-order valence-electron chi connectivity index (χ3n) is 4.80. The first kappa shape index (κ1) is 11.7. The van der Waals surface area contributed by atoms with Crippen LogP contribution in [0.15, 0.2) is 54.6 Å². The minimum Gasteiger partial charge on any atom is -0.307 e. The minimum absolute atomic E-state index is 0.127. The van der Waals surface area contributed by atoms with Crippen molar-refractivity contribution in [3.63, 3.8) is 0 Å². The van der Waals surface area contributed by atoms with Crippen molar-refractivity contribution >= 4 is 11.6 Å². The van der Waals surface area contributed by atoms with Crippen molar-refractivity contribution in [3.8, 4) is 0 Å². The number of benzene rings is 2. The van der Waals surface area contributed by atoms with Crippen molar-refractivity contribution < 1.29 is 4.79 Å². The highest BCUT2D eigenvalue weighted by atomic mass is 16.2. The third kappa shape index (κ3) is 1.54. The number of para-hydroxylation sites is 1. The maximum Gasteiger partial charge on any atom is 0.258 e. The molecule has 1 amide bonds. The van der Waals surface area contributed by atoms with Crippen LogP contribution in [-0.4, -0.2) is 12.5 Å². The molecule has 2 heteroatoms. The van der Waals surface area contributed by atoms with Gasteiger partial charge in [0, 0.05) is 23.2 Å². The number of anilines is 1. The predicted molar refractivity (Wildman–Crippen MR) is 80.1 cm³/mol. The minimum atomic E-state index is 0.127. The summed E-state index contributed by atoms with van der Waals surface area (Å²) in [7, 11) is 0. The van der Waals surface area contributed by atoms with E-state index in [4.69, 9.17) is 0 Å².